The number of nitrogens with one attached hydrogen (secondary N) is 1. The first kappa shape index (κ1) is 32.4. The molecule has 0 saturated carbocycles. The van der Waals surface area contributed by atoms with Gasteiger partial charge in [0.25, 0.3) is 5.91 Å². The number of rotatable bonds is 16. The van der Waals surface area contributed by atoms with E-state index in [9.17, 15) is 24.0 Å². The molecule has 0 radical (unpaired) electrons. The molecule has 1 unspecified atom stereocenters. The monoisotopic (exact) mass is 525 g/mol. The molecule has 1 aliphatic heterocycles. The molecule has 1 atom stereocenters. The van der Waals surface area contributed by atoms with E-state index in [1.807, 2.05) is 4.90 Å². The summed E-state index contributed by atoms with van der Waals surface area (Å²) in [5.41, 5.74) is -0.955. The van der Waals surface area contributed by atoms with Crippen LogP contribution in [0.5, 0.6) is 0 Å². The highest BCUT2D eigenvalue weighted by molar-refractivity contribution is 5.85. The van der Waals surface area contributed by atoms with Crippen LogP contribution in [0.25, 0.3) is 0 Å². The Hall–Kier alpha value is -2.65. The molecule has 0 aromatic carbocycles. The number of carbonyl (C=O) groups excluding carboxylic acids is 5. The zero-order valence-electron chi connectivity index (χ0n) is 23.4. The Morgan fingerprint density at radius 1 is 0.784 bits per heavy atom. The smallest absolute Gasteiger partial charge is 0.303 e. The minimum atomic E-state index is -1.18. The fourth-order valence-electron chi connectivity index (χ4n) is 4.24. The van der Waals surface area contributed by atoms with Crippen LogP contribution < -0.4 is 5.32 Å². The van der Waals surface area contributed by atoms with E-state index in [-0.39, 0.29) is 31.4 Å². The van der Waals surface area contributed by atoms with Gasteiger partial charge in [0.05, 0.1) is 0 Å². The predicted octanol–water partition coefficient (Wildman–Crippen LogP) is 2.83. The molecule has 10 heteroatoms. The van der Waals surface area contributed by atoms with Gasteiger partial charge in [-0.3, -0.25) is 24.0 Å². The number of unbranched alkanes of at least 4 members (excludes halogenated alkanes) is 6. The predicted molar refractivity (Wildman–Crippen MR) is 139 cm³/mol. The molecule has 212 valence electrons. The van der Waals surface area contributed by atoms with Gasteiger partial charge in [-0.15, -0.1) is 0 Å². The Morgan fingerprint density at radius 2 is 1.30 bits per heavy atom. The van der Waals surface area contributed by atoms with E-state index in [4.69, 9.17) is 9.47 Å². The molecular weight excluding hydrogens is 478 g/mol. The molecular formula is C27H47N3O7. The molecule has 0 aromatic rings. The van der Waals surface area contributed by atoms with Crippen LogP contribution in [0.1, 0.15) is 92.4 Å². The number of hydrogen-bond donors (Lipinski definition) is 1. The molecule has 1 N–H and O–H groups in total. The number of carbonyl (C=O) groups is 5. The van der Waals surface area contributed by atoms with Gasteiger partial charge in [-0.2, -0.15) is 0 Å². The second-order valence-corrected chi connectivity index (χ2v) is 10.4. The number of amides is 3. The summed E-state index contributed by atoms with van der Waals surface area (Å²) in [4.78, 5) is 64.1. The molecule has 1 fully saturated rings. The van der Waals surface area contributed by atoms with Crippen molar-refractivity contribution in [2.24, 2.45) is 5.41 Å². The SMILES string of the molecule is CCCCCCCCCC(=O)N1CCN(C(=O)CCNC(=O)C(OC(C)=O)C(C)(C)COC(C)=O)CC1. The average Bonchev–Trinajstić information content (AvgIpc) is 2.85. The zero-order valence-corrected chi connectivity index (χ0v) is 23.4. The lowest BCUT2D eigenvalue weighted by Gasteiger charge is -2.35. The Morgan fingerprint density at radius 3 is 1.81 bits per heavy atom. The van der Waals surface area contributed by atoms with Crippen LogP contribution in [-0.4, -0.2) is 84.9 Å². The van der Waals surface area contributed by atoms with Gasteiger partial charge in [-0.05, 0) is 6.42 Å². The van der Waals surface area contributed by atoms with Gasteiger partial charge < -0.3 is 24.6 Å². The van der Waals surface area contributed by atoms with Crippen molar-refractivity contribution in [2.75, 3.05) is 39.3 Å². The van der Waals surface area contributed by atoms with E-state index < -0.39 is 29.4 Å². The van der Waals surface area contributed by atoms with Crippen molar-refractivity contribution in [2.45, 2.75) is 98.5 Å². The molecule has 1 aliphatic rings. The second kappa shape index (κ2) is 17.0. The maximum absolute atomic E-state index is 12.7. The molecule has 0 aliphatic carbocycles. The number of hydrogen-bond acceptors (Lipinski definition) is 7. The third kappa shape index (κ3) is 12.9. The van der Waals surface area contributed by atoms with Gasteiger partial charge in [0.15, 0.2) is 6.10 Å². The number of esters is 2. The van der Waals surface area contributed by atoms with Crippen LogP contribution in [0, 0.1) is 5.41 Å². The summed E-state index contributed by atoms with van der Waals surface area (Å²) < 4.78 is 10.2. The zero-order chi connectivity index (χ0) is 27.8. The minimum Gasteiger partial charge on any atom is -0.465 e. The largest absolute Gasteiger partial charge is 0.465 e. The van der Waals surface area contributed by atoms with E-state index in [0.717, 1.165) is 12.8 Å². The second-order valence-electron chi connectivity index (χ2n) is 10.4. The van der Waals surface area contributed by atoms with Gasteiger partial charge in [-0.25, -0.2) is 0 Å². The Balaban J connectivity index is 2.38. The lowest BCUT2D eigenvalue weighted by Crippen LogP contribution is -2.51. The fraction of sp³-hybridized carbons (Fsp3) is 0.815. The first-order valence-electron chi connectivity index (χ1n) is 13.6. The maximum atomic E-state index is 12.7. The van der Waals surface area contributed by atoms with Crippen molar-refractivity contribution < 1.29 is 33.4 Å². The van der Waals surface area contributed by atoms with Crippen LogP contribution in [-0.2, 0) is 33.4 Å². The highest BCUT2D eigenvalue weighted by Crippen LogP contribution is 2.25. The molecule has 37 heavy (non-hydrogen) atoms. The third-order valence-corrected chi connectivity index (χ3v) is 6.50. The van der Waals surface area contributed by atoms with Crippen molar-refractivity contribution in [3.05, 3.63) is 0 Å². The van der Waals surface area contributed by atoms with E-state index in [1.54, 1.807) is 18.7 Å². The topological polar surface area (TPSA) is 122 Å². The van der Waals surface area contributed by atoms with Gasteiger partial charge in [0.2, 0.25) is 11.8 Å². The maximum Gasteiger partial charge on any atom is 0.303 e. The van der Waals surface area contributed by atoms with Crippen molar-refractivity contribution in [3.63, 3.8) is 0 Å². The van der Waals surface area contributed by atoms with Crippen molar-refractivity contribution in [1.29, 1.82) is 0 Å². The van der Waals surface area contributed by atoms with Crippen LogP contribution in [0.15, 0.2) is 0 Å². The molecule has 1 rings (SSSR count). The van der Waals surface area contributed by atoms with Crippen molar-refractivity contribution in [3.8, 4) is 0 Å². The standard InChI is InChI=1S/C27H47N3O7/c1-6-7-8-9-10-11-12-13-23(33)29-16-18-30(19-17-29)24(34)14-15-28-26(35)25(37-22(3)32)27(4,5)20-36-21(2)31/h25H,6-20H2,1-5H3,(H,28,35). The summed E-state index contributed by atoms with van der Waals surface area (Å²) in [7, 11) is 0. The minimum absolute atomic E-state index is 0.0798. The summed E-state index contributed by atoms with van der Waals surface area (Å²) in [6.07, 6.45) is 7.66. The summed E-state index contributed by atoms with van der Waals surface area (Å²) in [5.74, 6) is -1.64. The quantitative estimate of drug-likeness (QED) is 0.243. The van der Waals surface area contributed by atoms with E-state index >= 15 is 0 Å². The van der Waals surface area contributed by atoms with Crippen molar-refractivity contribution in [1.82, 2.24) is 15.1 Å². The average molecular weight is 526 g/mol. The van der Waals surface area contributed by atoms with Gasteiger partial charge in [0, 0.05) is 64.8 Å². The number of ether oxygens (including phenoxy) is 2. The first-order valence-corrected chi connectivity index (χ1v) is 13.6. The Kier molecular flexibility index (Phi) is 14.9. The molecule has 1 saturated heterocycles. The highest BCUT2D eigenvalue weighted by Gasteiger charge is 2.39. The molecule has 0 aromatic heterocycles. The highest BCUT2D eigenvalue weighted by atomic mass is 16.6. The molecule has 0 bridgehead atoms. The normalized spacial score (nSPS) is 14.6. The van der Waals surface area contributed by atoms with Crippen LogP contribution in [0.4, 0.5) is 0 Å². The summed E-state index contributed by atoms with van der Waals surface area (Å²) in [6, 6.07) is 0. The van der Waals surface area contributed by atoms with Crippen LogP contribution in [0.3, 0.4) is 0 Å². The van der Waals surface area contributed by atoms with Crippen molar-refractivity contribution >= 4 is 29.7 Å². The molecule has 3 amide bonds. The van der Waals surface area contributed by atoms with Crippen LogP contribution >= 0.6 is 0 Å². The van der Waals surface area contributed by atoms with Gasteiger partial charge in [0.1, 0.15) is 6.61 Å². The lowest BCUT2D eigenvalue weighted by molar-refractivity contribution is -0.166. The molecule has 10 nitrogen and oxygen atoms in total. The number of nitrogens with zero attached hydrogens (tertiary/aromatic N) is 2. The van der Waals surface area contributed by atoms with E-state index in [2.05, 4.69) is 12.2 Å². The third-order valence-electron chi connectivity index (χ3n) is 6.50. The van der Waals surface area contributed by atoms with Gasteiger partial charge in [-0.1, -0.05) is 59.3 Å². The molecule has 0 spiro atoms. The summed E-state index contributed by atoms with van der Waals surface area (Å²) in [6.45, 7) is 9.93. The Bertz CT molecular complexity index is 761. The summed E-state index contributed by atoms with van der Waals surface area (Å²) >= 11 is 0. The molecule has 1 heterocycles. The summed E-state index contributed by atoms with van der Waals surface area (Å²) in [5, 5.41) is 2.65. The fourth-order valence-corrected chi connectivity index (χ4v) is 4.24. The van der Waals surface area contributed by atoms with Gasteiger partial charge >= 0.3 is 11.9 Å². The number of piperazine rings is 1. The van der Waals surface area contributed by atoms with Crippen LogP contribution in [0.2, 0.25) is 0 Å². The first-order chi connectivity index (χ1) is 17.5. The van der Waals surface area contributed by atoms with E-state index in [0.29, 0.717) is 32.6 Å². The Labute approximate surface area is 221 Å². The lowest BCUT2D eigenvalue weighted by atomic mass is 9.86. The van der Waals surface area contributed by atoms with E-state index in [1.165, 1.54) is 46.0 Å².